The highest BCUT2D eigenvalue weighted by atomic mass is 32.2. The lowest BCUT2D eigenvalue weighted by atomic mass is 10.0. The number of amides is 2. The molecule has 1 aromatic heterocycles. The largest absolute Gasteiger partial charge is 0.489 e. The van der Waals surface area contributed by atoms with Crippen LogP contribution in [-0.4, -0.2) is 101 Å². The number of carboxylic acid groups (broad SMARTS) is 1. The predicted octanol–water partition coefficient (Wildman–Crippen LogP) is -0.417. The number of ether oxygens (including phenoxy) is 1. The molecule has 3 heterocycles. The van der Waals surface area contributed by atoms with Gasteiger partial charge in [0.15, 0.2) is 10.8 Å². The number of oxime groups is 1. The first-order valence-electron chi connectivity index (χ1n) is 13.2. The number of β-lactam (4-membered cyclic amide) rings is 1. The monoisotopic (exact) mass is 692 g/mol. The van der Waals surface area contributed by atoms with Crippen molar-refractivity contribution in [2.24, 2.45) is 15.9 Å². The molecule has 0 spiro atoms. The molecule has 46 heavy (non-hydrogen) atoms. The van der Waals surface area contributed by atoms with Crippen LogP contribution < -0.4 is 26.8 Å². The van der Waals surface area contributed by atoms with E-state index in [0.717, 1.165) is 19.9 Å². The van der Waals surface area contributed by atoms with Gasteiger partial charge in [0.2, 0.25) is 0 Å². The number of hydrogen-bond donors (Lipinski definition) is 6. The van der Waals surface area contributed by atoms with E-state index in [0.29, 0.717) is 12.1 Å². The summed E-state index contributed by atoms with van der Waals surface area (Å²) in [6.07, 6.45) is -6.24. The van der Waals surface area contributed by atoms with Crippen LogP contribution in [0.3, 0.4) is 0 Å². The van der Waals surface area contributed by atoms with Gasteiger partial charge in [-0.3, -0.25) is 19.1 Å². The molecule has 8 N–H and O–H groups in total. The summed E-state index contributed by atoms with van der Waals surface area (Å²) in [7, 11) is -4.99. The summed E-state index contributed by atoms with van der Waals surface area (Å²) in [5, 5.41) is 17.5. The molecule has 4 atom stereocenters. The molecule has 2 aromatic rings. The van der Waals surface area contributed by atoms with E-state index in [1.165, 1.54) is 12.1 Å². The molecule has 0 unspecified atom stereocenters. The molecule has 0 radical (unpaired) electrons. The number of benzene rings is 1. The molecule has 1 aromatic carbocycles. The van der Waals surface area contributed by atoms with Crippen LogP contribution >= 0.6 is 11.3 Å². The van der Waals surface area contributed by atoms with Gasteiger partial charge in [0, 0.05) is 12.1 Å². The number of carboxylic acids is 1. The van der Waals surface area contributed by atoms with Crippen molar-refractivity contribution in [3.8, 4) is 5.75 Å². The third-order valence-electron chi connectivity index (χ3n) is 6.67. The predicted molar refractivity (Wildman–Crippen MR) is 154 cm³/mol. The summed E-state index contributed by atoms with van der Waals surface area (Å²) in [6.45, 7) is 1.90. The highest BCUT2D eigenvalue weighted by Gasteiger charge is 2.52. The van der Waals surface area contributed by atoms with E-state index in [4.69, 9.17) is 25.6 Å². The number of alkyl halides is 3. The van der Waals surface area contributed by atoms with Gasteiger partial charge in [-0.2, -0.15) is 21.6 Å². The second-order valence-corrected chi connectivity index (χ2v) is 12.2. The number of anilines is 1. The first-order chi connectivity index (χ1) is 21.5. The third kappa shape index (κ3) is 7.81. The highest BCUT2D eigenvalue weighted by molar-refractivity contribution is 7.84. The fourth-order valence-electron chi connectivity index (χ4n) is 4.37. The van der Waals surface area contributed by atoms with Crippen LogP contribution in [0, 0.1) is 0 Å². The molecule has 4 rings (SSSR count). The lowest BCUT2D eigenvalue weighted by Gasteiger charge is -2.42. The second-order valence-electron chi connectivity index (χ2n) is 9.90. The lowest BCUT2D eigenvalue weighted by Crippen LogP contribution is -2.71. The number of thiazole rings is 1. The Morgan fingerprint density at radius 2 is 1.98 bits per heavy atom. The molecule has 2 amide bonds. The van der Waals surface area contributed by atoms with Crippen molar-refractivity contribution < 1.29 is 55.2 Å². The number of nitrogens with zero attached hydrogens (tertiary/aromatic N) is 4. The van der Waals surface area contributed by atoms with E-state index in [1.807, 2.05) is 5.32 Å². The molecule has 2 saturated heterocycles. The molecule has 0 bridgehead atoms. The van der Waals surface area contributed by atoms with Crippen molar-refractivity contribution in [2.75, 3.05) is 25.4 Å². The van der Waals surface area contributed by atoms with E-state index in [-0.39, 0.29) is 33.3 Å². The summed E-state index contributed by atoms with van der Waals surface area (Å²) in [6, 6.07) is 3.15. The molecule has 250 valence electrons. The number of rotatable bonds is 12. The number of nitrogens with two attached hydrogens (primary N) is 2. The normalized spacial score (nSPS) is 21.5. The van der Waals surface area contributed by atoms with Crippen LogP contribution in [-0.2, 0) is 35.7 Å². The van der Waals surface area contributed by atoms with Crippen molar-refractivity contribution in [3.05, 3.63) is 40.4 Å². The van der Waals surface area contributed by atoms with Gasteiger partial charge in [-0.1, -0.05) is 16.5 Å². The van der Waals surface area contributed by atoms with Gasteiger partial charge in [-0.25, -0.2) is 14.1 Å². The number of halogens is 3. The van der Waals surface area contributed by atoms with E-state index in [9.17, 15) is 41.1 Å². The van der Waals surface area contributed by atoms with Gasteiger partial charge < -0.3 is 36.8 Å². The summed E-state index contributed by atoms with van der Waals surface area (Å²) in [5.41, 5.74) is 9.69. The number of aliphatic imine (C=N–C) groups is 1. The summed E-state index contributed by atoms with van der Waals surface area (Å²) in [4.78, 5) is 48.5. The zero-order valence-corrected chi connectivity index (χ0v) is 25.2. The number of amidine groups is 1. The molecular weight excluding hydrogens is 665 g/mol. The number of aliphatic carboxylic acids is 1. The van der Waals surface area contributed by atoms with Crippen molar-refractivity contribution in [1.29, 1.82) is 0 Å². The van der Waals surface area contributed by atoms with Gasteiger partial charge >= 0.3 is 22.4 Å². The average Bonchev–Trinajstić information content (AvgIpc) is 3.62. The Kier molecular flexibility index (Phi) is 10.0. The minimum Gasteiger partial charge on any atom is -0.489 e. The van der Waals surface area contributed by atoms with Crippen molar-refractivity contribution in [3.63, 3.8) is 0 Å². The van der Waals surface area contributed by atoms with Gasteiger partial charge in [-0.05, 0) is 44.2 Å². The van der Waals surface area contributed by atoms with E-state index >= 15 is 0 Å². The Morgan fingerprint density at radius 1 is 1.30 bits per heavy atom. The minimum atomic E-state index is -5.10. The lowest BCUT2D eigenvalue weighted by molar-refractivity contribution is -0.152. The fourth-order valence-corrected chi connectivity index (χ4v) is 5.96. The van der Waals surface area contributed by atoms with E-state index in [1.54, 1.807) is 12.1 Å². The number of aromatic nitrogens is 1. The fraction of sp³-hybridized carbons (Fsp3) is 0.417. The number of nitrogen functional groups attached to an aromatic ring is 1. The van der Waals surface area contributed by atoms with Crippen LogP contribution in [0.4, 0.5) is 18.3 Å². The van der Waals surface area contributed by atoms with Crippen molar-refractivity contribution in [1.82, 2.24) is 19.9 Å². The first-order valence-corrected chi connectivity index (χ1v) is 15.4. The zero-order valence-electron chi connectivity index (χ0n) is 23.6. The van der Waals surface area contributed by atoms with Gasteiger partial charge in [0.05, 0.1) is 12.1 Å². The Morgan fingerprint density at radius 3 is 2.52 bits per heavy atom. The smallest absolute Gasteiger partial charge is 0.427 e. The summed E-state index contributed by atoms with van der Waals surface area (Å²) >= 11 is -0.0534. The summed E-state index contributed by atoms with van der Waals surface area (Å²) < 4.78 is 78.6. The Labute approximate surface area is 262 Å². The quantitative estimate of drug-likeness (QED) is 0.0544. The van der Waals surface area contributed by atoms with Crippen molar-refractivity contribution >= 4 is 56.1 Å². The maximum Gasteiger partial charge on any atom is 0.427 e. The van der Waals surface area contributed by atoms with E-state index in [2.05, 4.69) is 20.4 Å². The molecule has 2 aliphatic rings. The maximum atomic E-state index is 13.7. The standard InChI is InChI=1S/C24H27F3N8O9S2/c1-10-15(21(37)35(10)46(40,41)42)32-20(36)17(16-18(24(25,26)27)45-23(29)33-16)34-44-14(22(38)39)9-43-13-4-2-11(3-5-13)19(28)31-12-6-7-30-8-12/h2-5,10,12,14-15,30H,6-9H2,1H3,(H2,28,31)(H2,29,33)(H,32,36)(H,38,39)(H,40,41,42)/b34-17-/t10-,12-,14-,15-/m0/s1. The number of hydrogen-bond acceptors (Lipinski definition) is 13. The SMILES string of the molecule is C[C@H]1[C@H](NC(=O)/C(=N\O[C@@H](COc2ccc(C(N)=N[C@H]3CCNC3)cc2)C(=O)O)c2nc(N)sc2C(F)(F)F)C(=O)N1S(=O)(=O)O. The first kappa shape index (κ1) is 34.3. The zero-order chi connectivity index (χ0) is 34.0. The van der Waals surface area contributed by atoms with E-state index < -0.39 is 80.5 Å². The van der Waals surface area contributed by atoms with Gasteiger partial charge in [0.1, 0.15) is 34.8 Å². The molecule has 0 aliphatic carbocycles. The highest BCUT2D eigenvalue weighted by Crippen LogP contribution is 2.38. The Hall–Kier alpha value is -4.54. The Balaban J connectivity index is 1.53. The van der Waals surface area contributed by atoms with Crippen LogP contribution in [0.2, 0.25) is 0 Å². The number of nitrogens with one attached hydrogen (secondary N) is 2. The molecule has 22 heteroatoms. The second kappa shape index (κ2) is 13.4. The topological polar surface area (TPSA) is 261 Å². The van der Waals surface area contributed by atoms with Crippen LogP contribution in [0.25, 0.3) is 0 Å². The Bertz CT molecular complexity index is 1660. The van der Waals surface area contributed by atoms with Crippen LogP contribution in [0.5, 0.6) is 5.75 Å². The average molecular weight is 693 g/mol. The molecular formula is C24H27F3N8O9S2. The van der Waals surface area contributed by atoms with Crippen LogP contribution in [0.15, 0.2) is 34.4 Å². The third-order valence-corrected chi connectivity index (χ3v) is 8.60. The molecule has 2 fully saturated rings. The number of carbonyl (C=O) groups excluding carboxylic acids is 2. The van der Waals surface area contributed by atoms with Crippen molar-refractivity contribution in [2.45, 2.75) is 43.8 Å². The minimum absolute atomic E-state index is 0.0336. The molecule has 0 saturated carbocycles. The van der Waals surface area contributed by atoms with Gasteiger partial charge in [0.25, 0.3) is 17.9 Å². The van der Waals surface area contributed by atoms with Crippen LogP contribution in [0.1, 0.15) is 29.5 Å². The summed E-state index contributed by atoms with van der Waals surface area (Å²) in [5.74, 6) is -4.06. The molecule has 2 aliphatic heterocycles. The van der Waals surface area contributed by atoms with Gasteiger partial charge in [-0.15, -0.1) is 0 Å². The number of carbonyl (C=O) groups is 3. The maximum absolute atomic E-state index is 13.7. The molecule has 17 nitrogen and oxygen atoms in total.